The van der Waals surface area contributed by atoms with Crippen molar-refractivity contribution in [1.82, 2.24) is 0 Å². The molecule has 0 aliphatic rings. The Bertz CT molecular complexity index is 624. The van der Waals surface area contributed by atoms with Gasteiger partial charge in [-0.05, 0) is 11.1 Å². The van der Waals surface area contributed by atoms with Crippen LogP contribution in [-0.2, 0) is 0 Å². The second-order valence-electron chi connectivity index (χ2n) is 5.45. The van der Waals surface area contributed by atoms with Crippen LogP contribution in [-0.4, -0.2) is 38.8 Å². The average Bonchev–Trinajstić information content (AvgIpc) is 2.60. The van der Waals surface area contributed by atoms with Crippen molar-refractivity contribution in [1.29, 1.82) is 0 Å². The lowest BCUT2D eigenvalue weighted by Gasteiger charge is -2.15. The van der Waals surface area contributed by atoms with E-state index in [1.54, 1.807) is 48.5 Å². The van der Waals surface area contributed by atoms with Crippen molar-refractivity contribution in [2.45, 2.75) is 24.7 Å². The third kappa shape index (κ3) is 4.04. The SMILES string of the molecule is NC(c1ccc(C(=O)c2ccc(C(N)C(O)O)cc2)cc1)C(O)O. The van der Waals surface area contributed by atoms with Gasteiger partial charge in [0.15, 0.2) is 18.4 Å². The molecular weight excluding hydrogens is 312 g/mol. The fourth-order valence-corrected chi connectivity index (χ4v) is 2.22. The summed E-state index contributed by atoms with van der Waals surface area (Å²) in [5.41, 5.74) is 13.0. The van der Waals surface area contributed by atoms with E-state index in [1.165, 1.54) is 0 Å². The molecule has 0 aromatic heterocycles. The molecule has 0 saturated heterocycles. The van der Waals surface area contributed by atoms with Crippen LogP contribution in [0.3, 0.4) is 0 Å². The van der Waals surface area contributed by atoms with Crippen molar-refractivity contribution in [3.8, 4) is 0 Å². The lowest BCUT2D eigenvalue weighted by Crippen LogP contribution is -2.25. The van der Waals surface area contributed by atoms with Crippen LogP contribution in [0.5, 0.6) is 0 Å². The Morgan fingerprint density at radius 1 is 0.667 bits per heavy atom. The molecule has 0 heterocycles. The van der Waals surface area contributed by atoms with Crippen molar-refractivity contribution in [3.63, 3.8) is 0 Å². The van der Waals surface area contributed by atoms with Crippen LogP contribution in [0.4, 0.5) is 0 Å². The molecule has 0 bridgehead atoms. The van der Waals surface area contributed by atoms with Gasteiger partial charge in [-0.3, -0.25) is 4.79 Å². The van der Waals surface area contributed by atoms with Gasteiger partial charge >= 0.3 is 0 Å². The van der Waals surface area contributed by atoms with Crippen LogP contribution in [0, 0.1) is 0 Å². The molecule has 0 amide bonds. The highest BCUT2D eigenvalue weighted by molar-refractivity contribution is 6.09. The van der Waals surface area contributed by atoms with Crippen molar-refractivity contribution >= 4 is 5.78 Å². The van der Waals surface area contributed by atoms with Crippen LogP contribution < -0.4 is 11.5 Å². The molecule has 0 spiro atoms. The summed E-state index contributed by atoms with van der Waals surface area (Å²) in [6.07, 6.45) is -3.35. The van der Waals surface area contributed by atoms with Gasteiger partial charge < -0.3 is 31.9 Å². The smallest absolute Gasteiger partial charge is 0.193 e. The molecule has 7 heteroatoms. The van der Waals surface area contributed by atoms with E-state index in [0.717, 1.165) is 0 Å². The highest BCUT2D eigenvalue weighted by atomic mass is 16.5. The Labute approximate surface area is 138 Å². The standard InChI is InChI=1S/C17H20N2O5/c18-13(16(21)22)9-1-5-11(6-2-9)15(20)12-7-3-10(4-8-12)14(19)17(23)24/h1-8,13-14,16-17,21-24H,18-19H2. The first-order chi connectivity index (χ1) is 11.3. The Morgan fingerprint density at radius 2 is 0.958 bits per heavy atom. The summed E-state index contributed by atoms with van der Waals surface area (Å²) < 4.78 is 0. The molecule has 128 valence electrons. The molecule has 7 nitrogen and oxygen atoms in total. The Hall–Kier alpha value is -2.13. The van der Waals surface area contributed by atoms with E-state index in [1.807, 2.05) is 0 Å². The number of rotatable bonds is 6. The van der Waals surface area contributed by atoms with Crippen LogP contribution in [0.1, 0.15) is 39.1 Å². The zero-order chi connectivity index (χ0) is 17.9. The fraction of sp³-hybridized carbons (Fsp3) is 0.235. The molecular formula is C17H20N2O5. The maximum absolute atomic E-state index is 12.4. The molecule has 2 rings (SSSR count). The summed E-state index contributed by atoms with van der Waals surface area (Å²) in [5.74, 6) is -0.232. The first-order valence-electron chi connectivity index (χ1n) is 7.29. The normalized spacial score (nSPS) is 14.0. The highest BCUT2D eigenvalue weighted by Crippen LogP contribution is 2.18. The largest absolute Gasteiger partial charge is 0.366 e. The van der Waals surface area contributed by atoms with Gasteiger partial charge in [-0.1, -0.05) is 48.5 Å². The van der Waals surface area contributed by atoms with Gasteiger partial charge in [-0.15, -0.1) is 0 Å². The average molecular weight is 332 g/mol. The van der Waals surface area contributed by atoms with E-state index in [2.05, 4.69) is 0 Å². The summed E-state index contributed by atoms with van der Waals surface area (Å²) in [6.45, 7) is 0. The quantitative estimate of drug-likeness (QED) is 0.309. The third-order valence-electron chi connectivity index (χ3n) is 3.76. The third-order valence-corrected chi connectivity index (χ3v) is 3.76. The minimum absolute atomic E-state index is 0.232. The summed E-state index contributed by atoms with van der Waals surface area (Å²) in [7, 11) is 0. The molecule has 2 aromatic rings. The van der Waals surface area contributed by atoms with Crippen molar-refractivity contribution in [2.75, 3.05) is 0 Å². The minimum atomic E-state index is -1.68. The minimum Gasteiger partial charge on any atom is -0.366 e. The number of carbonyl (C=O) groups excluding carboxylic acids is 1. The highest BCUT2D eigenvalue weighted by Gasteiger charge is 2.16. The number of hydrogen-bond donors (Lipinski definition) is 6. The van der Waals surface area contributed by atoms with Crippen molar-refractivity contribution in [2.24, 2.45) is 11.5 Å². The molecule has 0 saturated carbocycles. The number of benzene rings is 2. The van der Waals surface area contributed by atoms with Crippen molar-refractivity contribution in [3.05, 3.63) is 70.8 Å². The van der Waals surface area contributed by atoms with Gasteiger partial charge in [0.2, 0.25) is 0 Å². The van der Waals surface area contributed by atoms with Crippen molar-refractivity contribution < 1.29 is 25.2 Å². The number of aliphatic hydroxyl groups excluding tert-OH is 2. The maximum Gasteiger partial charge on any atom is 0.193 e. The van der Waals surface area contributed by atoms with E-state index in [4.69, 9.17) is 31.9 Å². The lowest BCUT2D eigenvalue weighted by atomic mass is 9.98. The first kappa shape index (κ1) is 18.2. The summed E-state index contributed by atoms with van der Waals surface area (Å²) in [4.78, 5) is 12.4. The Balaban J connectivity index is 2.17. The summed E-state index contributed by atoms with van der Waals surface area (Å²) in [6, 6.07) is 10.6. The lowest BCUT2D eigenvalue weighted by molar-refractivity contribution is -0.0594. The maximum atomic E-state index is 12.4. The number of nitrogens with two attached hydrogens (primary N) is 2. The number of hydrogen-bond acceptors (Lipinski definition) is 7. The van der Waals surface area contributed by atoms with Gasteiger partial charge in [-0.25, -0.2) is 0 Å². The molecule has 0 aliphatic carbocycles. The zero-order valence-electron chi connectivity index (χ0n) is 12.8. The molecule has 2 aromatic carbocycles. The predicted octanol–water partition coefficient (Wildman–Crippen LogP) is -0.461. The molecule has 0 radical (unpaired) electrons. The molecule has 0 fully saturated rings. The van der Waals surface area contributed by atoms with Crippen LogP contribution in [0.25, 0.3) is 0 Å². The topological polar surface area (TPSA) is 150 Å². The number of aliphatic hydroxyl groups is 4. The number of ketones is 1. The second kappa shape index (κ2) is 7.63. The van der Waals surface area contributed by atoms with Gasteiger partial charge in [0.05, 0.1) is 12.1 Å². The van der Waals surface area contributed by atoms with Gasteiger partial charge in [0.1, 0.15) is 0 Å². The fourth-order valence-electron chi connectivity index (χ4n) is 2.22. The second-order valence-corrected chi connectivity index (χ2v) is 5.45. The zero-order valence-corrected chi connectivity index (χ0v) is 12.8. The summed E-state index contributed by atoms with van der Waals surface area (Å²) in [5, 5.41) is 36.2. The van der Waals surface area contributed by atoms with Crippen LogP contribution in [0.15, 0.2) is 48.5 Å². The Kier molecular flexibility index (Phi) is 5.79. The number of carbonyl (C=O) groups is 1. The molecule has 2 atom stereocenters. The van der Waals surface area contributed by atoms with Crippen LogP contribution in [0.2, 0.25) is 0 Å². The van der Waals surface area contributed by atoms with E-state index in [-0.39, 0.29) is 5.78 Å². The Morgan fingerprint density at radius 3 is 1.21 bits per heavy atom. The molecule has 8 N–H and O–H groups in total. The molecule has 0 aliphatic heterocycles. The van der Waals surface area contributed by atoms with Gasteiger partial charge in [0.25, 0.3) is 0 Å². The first-order valence-corrected chi connectivity index (χ1v) is 7.29. The molecule has 2 unspecified atom stereocenters. The van der Waals surface area contributed by atoms with Gasteiger partial charge in [-0.2, -0.15) is 0 Å². The predicted molar refractivity (Wildman–Crippen MR) is 86.6 cm³/mol. The van der Waals surface area contributed by atoms with E-state index in [9.17, 15) is 4.79 Å². The van der Waals surface area contributed by atoms with Crippen LogP contribution >= 0.6 is 0 Å². The molecule has 24 heavy (non-hydrogen) atoms. The summed E-state index contributed by atoms with van der Waals surface area (Å²) >= 11 is 0. The van der Waals surface area contributed by atoms with E-state index < -0.39 is 24.7 Å². The van der Waals surface area contributed by atoms with E-state index >= 15 is 0 Å². The van der Waals surface area contributed by atoms with E-state index in [0.29, 0.717) is 22.3 Å². The van der Waals surface area contributed by atoms with Gasteiger partial charge in [0, 0.05) is 11.1 Å². The monoisotopic (exact) mass is 332 g/mol.